The van der Waals surface area contributed by atoms with Gasteiger partial charge in [-0.3, -0.25) is 0 Å². The standard InChI is InChI=1S/C7H9AsOS2/c9-8(10,11)6-7-4-2-1-3-5-7/h1-5H,6H2,(H2,9,10,11). The van der Waals surface area contributed by atoms with Crippen molar-refractivity contribution in [3.8, 4) is 0 Å². The summed E-state index contributed by atoms with van der Waals surface area (Å²) in [4.78, 5) is 0. The van der Waals surface area contributed by atoms with E-state index >= 15 is 0 Å². The summed E-state index contributed by atoms with van der Waals surface area (Å²) in [6.45, 7) is 0. The van der Waals surface area contributed by atoms with Crippen LogP contribution < -0.4 is 0 Å². The van der Waals surface area contributed by atoms with Crippen LogP contribution in [0.1, 0.15) is 5.56 Å². The fourth-order valence-corrected chi connectivity index (χ4v) is 3.88. The van der Waals surface area contributed by atoms with Gasteiger partial charge < -0.3 is 0 Å². The summed E-state index contributed by atoms with van der Waals surface area (Å²) in [6.07, 6.45) is 0. The third kappa shape index (κ3) is 4.02. The summed E-state index contributed by atoms with van der Waals surface area (Å²) in [5.74, 6) is 0. The van der Waals surface area contributed by atoms with E-state index in [0.717, 1.165) is 5.56 Å². The van der Waals surface area contributed by atoms with Gasteiger partial charge in [-0.15, -0.1) is 0 Å². The molecule has 1 nitrogen and oxygen atoms in total. The molecule has 0 spiro atoms. The van der Waals surface area contributed by atoms with Gasteiger partial charge in [-0.1, -0.05) is 0 Å². The Morgan fingerprint density at radius 2 is 1.91 bits per heavy atom. The molecule has 1 N–H and O–H groups in total. The minimum absolute atomic E-state index is 0.567. The van der Waals surface area contributed by atoms with Crippen molar-refractivity contribution < 1.29 is 4.10 Å². The first-order chi connectivity index (χ1) is 5.08. The van der Waals surface area contributed by atoms with Gasteiger partial charge in [-0.25, -0.2) is 0 Å². The first kappa shape index (κ1) is 9.40. The molecule has 0 heterocycles. The summed E-state index contributed by atoms with van der Waals surface area (Å²) < 4.78 is 9.32. The Morgan fingerprint density at radius 3 is 2.36 bits per heavy atom. The second-order valence-corrected chi connectivity index (χ2v) is 13.7. The van der Waals surface area contributed by atoms with Crippen molar-refractivity contribution in [1.82, 2.24) is 0 Å². The molecule has 1 unspecified atom stereocenters. The van der Waals surface area contributed by atoms with E-state index in [4.69, 9.17) is 10.4 Å². The van der Waals surface area contributed by atoms with E-state index in [1.165, 1.54) is 0 Å². The second-order valence-electron chi connectivity index (χ2n) is 2.31. The fourth-order valence-electron chi connectivity index (χ4n) is 0.821. The Morgan fingerprint density at radius 1 is 1.36 bits per heavy atom. The zero-order valence-corrected chi connectivity index (χ0v) is 9.43. The molecular weight excluding hydrogens is 239 g/mol. The topological polar surface area (TPSA) is 20.2 Å². The van der Waals surface area contributed by atoms with E-state index < -0.39 is 11.1 Å². The van der Waals surface area contributed by atoms with Crippen molar-refractivity contribution >= 4 is 32.3 Å². The van der Waals surface area contributed by atoms with E-state index in [-0.39, 0.29) is 0 Å². The molecule has 0 amide bonds. The SMILES string of the molecule is O[As](=S)(S)Cc1ccccc1. The normalized spacial score (nSPS) is 15.8. The maximum atomic E-state index is 9.32. The van der Waals surface area contributed by atoms with E-state index in [0.29, 0.717) is 5.21 Å². The van der Waals surface area contributed by atoms with Crippen LogP contribution in [-0.2, 0) is 5.21 Å². The fraction of sp³-hybridized carbons (Fsp3) is 0.143. The van der Waals surface area contributed by atoms with Crippen molar-refractivity contribution in [2.75, 3.05) is 0 Å². The summed E-state index contributed by atoms with van der Waals surface area (Å²) in [5.41, 5.74) is 1.08. The molecule has 0 aliphatic rings. The van der Waals surface area contributed by atoms with Crippen molar-refractivity contribution in [2.45, 2.75) is 5.21 Å². The third-order valence-electron chi connectivity index (χ3n) is 1.23. The van der Waals surface area contributed by atoms with E-state index in [1.807, 2.05) is 30.3 Å². The van der Waals surface area contributed by atoms with Crippen LogP contribution in [0.4, 0.5) is 0 Å². The van der Waals surface area contributed by atoms with Crippen molar-refractivity contribution in [2.24, 2.45) is 0 Å². The molecule has 0 radical (unpaired) electrons. The van der Waals surface area contributed by atoms with Gasteiger partial charge in [0.05, 0.1) is 0 Å². The predicted molar refractivity (Wildman–Crippen MR) is 54.7 cm³/mol. The predicted octanol–water partition coefficient (Wildman–Crippen LogP) is 1.83. The van der Waals surface area contributed by atoms with Gasteiger partial charge in [0.2, 0.25) is 0 Å². The zero-order valence-electron chi connectivity index (χ0n) is 5.84. The minimum atomic E-state index is -2.93. The second kappa shape index (κ2) is 3.81. The van der Waals surface area contributed by atoms with Crippen LogP contribution >= 0.6 is 21.3 Å². The van der Waals surface area contributed by atoms with Crippen LogP contribution in [0.5, 0.6) is 0 Å². The van der Waals surface area contributed by atoms with Gasteiger partial charge >= 0.3 is 77.5 Å². The monoisotopic (exact) mass is 248 g/mol. The molecule has 1 atom stereocenters. The molecule has 0 fully saturated rings. The van der Waals surface area contributed by atoms with Crippen molar-refractivity contribution in [3.63, 3.8) is 0 Å². The average molecular weight is 248 g/mol. The van der Waals surface area contributed by atoms with Crippen LogP contribution in [0, 0.1) is 0 Å². The summed E-state index contributed by atoms with van der Waals surface area (Å²) in [5, 5.41) is 0.567. The van der Waals surface area contributed by atoms with Crippen molar-refractivity contribution in [1.29, 1.82) is 0 Å². The Kier molecular flexibility index (Phi) is 3.26. The van der Waals surface area contributed by atoms with Crippen molar-refractivity contribution in [3.05, 3.63) is 35.9 Å². The molecule has 11 heavy (non-hydrogen) atoms. The first-order valence-electron chi connectivity index (χ1n) is 3.16. The van der Waals surface area contributed by atoms with Gasteiger partial charge in [0, 0.05) is 0 Å². The van der Waals surface area contributed by atoms with Gasteiger partial charge in [-0.05, 0) is 0 Å². The zero-order chi connectivity index (χ0) is 8.32. The van der Waals surface area contributed by atoms with E-state index in [9.17, 15) is 4.10 Å². The van der Waals surface area contributed by atoms with Crippen LogP contribution in [0.3, 0.4) is 0 Å². The molecule has 1 aromatic carbocycles. The Labute approximate surface area is 77.4 Å². The molecule has 1 aromatic rings. The Bertz CT molecular complexity index is 267. The van der Waals surface area contributed by atoms with Gasteiger partial charge in [0.25, 0.3) is 0 Å². The Balaban J connectivity index is 2.74. The number of hydrogen-bond donors (Lipinski definition) is 2. The number of thiol groups is 1. The molecular formula is C7H9AsOS2. The van der Waals surface area contributed by atoms with Gasteiger partial charge in [-0.2, -0.15) is 0 Å². The molecule has 1 rings (SSSR count). The van der Waals surface area contributed by atoms with E-state index in [2.05, 4.69) is 10.9 Å². The quantitative estimate of drug-likeness (QED) is 0.615. The summed E-state index contributed by atoms with van der Waals surface area (Å²) in [6, 6.07) is 9.72. The third-order valence-corrected chi connectivity index (χ3v) is 4.27. The molecule has 0 aliphatic carbocycles. The number of rotatable bonds is 2. The molecule has 0 bridgehead atoms. The summed E-state index contributed by atoms with van der Waals surface area (Å²) in [7, 11) is 8.87. The van der Waals surface area contributed by atoms with Gasteiger partial charge in [0.15, 0.2) is 0 Å². The number of hydrogen-bond acceptors (Lipinski definition) is 1. The molecule has 0 aliphatic heterocycles. The Hall–Kier alpha value is 0.308. The van der Waals surface area contributed by atoms with Gasteiger partial charge in [0.1, 0.15) is 0 Å². The molecule has 0 aromatic heterocycles. The van der Waals surface area contributed by atoms with Crippen LogP contribution in [0.25, 0.3) is 0 Å². The summed E-state index contributed by atoms with van der Waals surface area (Å²) >= 11 is -2.93. The molecule has 0 saturated carbocycles. The van der Waals surface area contributed by atoms with E-state index in [1.54, 1.807) is 0 Å². The molecule has 60 valence electrons. The molecule has 4 heteroatoms. The van der Waals surface area contributed by atoms with Crippen LogP contribution in [0.2, 0.25) is 0 Å². The first-order valence-corrected chi connectivity index (χ1v) is 10.9. The van der Waals surface area contributed by atoms with Crippen LogP contribution in [0.15, 0.2) is 30.3 Å². The number of benzene rings is 1. The molecule has 0 saturated heterocycles. The van der Waals surface area contributed by atoms with Crippen LogP contribution in [-0.4, -0.2) is 15.2 Å². The average Bonchev–Trinajstić information content (AvgIpc) is 1.85. The maximum absolute atomic E-state index is 9.32.